The molecule has 2 N–H and O–H groups in total. The van der Waals surface area contributed by atoms with Gasteiger partial charge >= 0.3 is 6.03 Å². The van der Waals surface area contributed by atoms with Crippen LogP contribution in [0.3, 0.4) is 0 Å². The summed E-state index contributed by atoms with van der Waals surface area (Å²) in [6, 6.07) is -0.0146. The van der Waals surface area contributed by atoms with Crippen molar-refractivity contribution in [2.75, 3.05) is 19.6 Å². The highest BCUT2D eigenvalue weighted by atomic mass is 16.3. The summed E-state index contributed by atoms with van der Waals surface area (Å²) in [5.41, 5.74) is -0.678. The summed E-state index contributed by atoms with van der Waals surface area (Å²) in [6.45, 7) is 5.62. The Morgan fingerprint density at radius 1 is 1.67 bits per heavy atom. The highest BCUT2D eigenvalue weighted by Crippen LogP contribution is 2.09. The lowest BCUT2D eigenvalue weighted by atomic mass is 10.1. The number of carbonyl (C=O) groups is 1. The number of nitrogens with zero attached hydrogens (tertiary/aromatic N) is 1. The molecule has 4 nitrogen and oxygen atoms in total. The van der Waals surface area contributed by atoms with E-state index in [0.717, 1.165) is 13.1 Å². The van der Waals surface area contributed by atoms with Gasteiger partial charge in [-0.2, -0.15) is 0 Å². The normalized spacial score (nSPS) is 18.2. The third-order valence-corrected chi connectivity index (χ3v) is 1.94. The van der Waals surface area contributed by atoms with Crippen LogP contribution in [0.15, 0.2) is 0 Å². The molecule has 1 aliphatic rings. The molecule has 0 atom stereocenters. The fourth-order valence-corrected chi connectivity index (χ4v) is 1.13. The van der Waals surface area contributed by atoms with Crippen molar-refractivity contribution in [1.82, 2.24) is 10.2 Å². The van der Waals surface area contributed by atoms with Gasteiger partial charge in [0.25, 0.3) is 0 Å². The Balaban J connectivity index is 2.27. The van der Waals surface area contributed by atoms with E-state index in [1.165, 1.54) is 0 Å². The molecule has 0 bridgehead atoms. The predicted molar refractivity (Wildman–Crippen MR) is 45.9 cm³/mol. The number of carbonyl (C=O) groups excluding carboxylic acids is 1. The van der Waals surface area contributed by atoms with Crippen LogP contribution in [0.1, 0.15) is 20.3 Å². The highest BCUT2D eigenvalue weighted by molar-refractivity contribution is 5.76. The lowest BCUT2D eigenvalue weighted by molar-refractivity contribution is 0.0635. The monoisotopic (exact) mass is 172 g/mol. The average molecular weight is 172 g/mol. The van der Waals surface area contributed by atoms with Crippen LogP contribution in [-0.2, 0) is 0 Å². The van der Waals surface area contributed by atoms with Crippen LogP contribution in [-0.4, -0.2) is 41.3 Å². The summed E-state index contributed by atoms with van der Waals surface area (Å²) in [5, 5.41) is 12.1. The summed E-state index contributed by atoms with van der Waals surface area (Å²) >= 11 is 0. The van der Waals surface area contributed by atoms with Crippen molar-refractivity contribution in [2.24, 2.45) is 0 Å². The SMILES string of the molecule is CC(C)(O)CCN1CCNC1=O. The minimum atomic E-state index is -0.678. The van der Waals surface area contributed by atoms with E-state index in [-0.39, 0.29) is 6.03 Å². The third kappa shape index (κ3) is 2.70. The zero-order chi connectivity index (χ0) is 9.19. The maximum absolute atomic E-state index is 11.0. The first-order valence-corrected chi connectivity index (χ1v) is 4.24. The zero-order valence-corrected chi connectivity index (χ0v) is 7.63. The van der Waals surface area contributed by atoms with Crippen molar-refractivity contribution in [1.29, 1.82) is 0 Å². The molecule has 0 unspecified atom stereocenters. The zero-order valence-electron chi connectivity index (χ0n) is 7.63. The topological polar surface area (TPSA) is 52.6 Å². The van der Waals surface area contributed by atoms with Crippen molar-refractivity contribution in [3.63, 3.8) is 0 Å². The fraction of sp³-hybridized carbons (Fsp3) is 0.875. The molecular formula is C8H16N2O2. The van der Waals surface area contributed by atoms with Crippen LogP contribution >= 0.6 is 0 Å². The van der Waals surface area contributed by atoms with E-state index < -0.39 is 5.60 Å². The van der Waals surface area contributed by atoms with Crippen LogP contribution in [0.4, 0.5) is 4.79 Å². The molecule has 1 heterocycles. The molecule has 0 aromatic carbocycles. The standard InChI is InChI=1S/C8H16N2O2/c1-8(2,12)3-5-10-6-4-9-7(10)11/h12H,3-6H2,1-2H3,(H,9,11). The molecule has 1 aliphatic heterocycles. The predicted octanol–water partition coefficient (Wildman–Crippen LogP) is 0.173. The van der Waals surface area contributed by atoms with Crippen LogP contribution in [0.25, 0.3) is 0 Å². The van der Waals surface area contributed by atoms with E-state index in [4.69, 9.17) is 0 Å². The molecule has 0 aromatic rings. The Bertz CT molecular complexity index is 174. The Kier molecular flexibility index (Phi) is 2.57. The summed E-state index contributed by atoms with van der Waals surface area (Å²) in [4.78, 5) is 12.7. The van der Waals surface area contributed by atoms with Crippen LogP contribution in [0.2, 0.25) is 0 Å². The van der Waals surface area contributed by atoms with E-state index in [9.17, 15) is 9.90 Å². The average Bonchev–Trinajstić information content (AvgIpc) is 2.29. The lowest BCUT2D eigenvalue weighted by Gasteiger charge is -2.21. The minimum absolute atomic E-state index is 0.0146. The van der Waals surface area contributed by atoms with Crippen LogP contribution in [0.5, 0.6) is 0 Å². The summed E-state index contributed by atoms with van der Waals surface area (Å²) < 4.78 is 0. The summed E-state index contributed by atoms with van der Waals surface area (Å²) in [6.07, 6.45) is 0.625. The number of urea groups is 1. The first-order valence-electron chi connectivity index (χ1n) is 4.24. The molecule has 1 rings (SSSR count). The van der Waals surface area contributed by atoms with E-state index >= 15 is 0 Å². The van der Waals surface area contributed by atoms with Gasteiger partial charge < -0.3 is 15.3 Å². The van der Waals surface area contributed by atoms with Crippen LogP contribution < -0.4 is 5.32 Å². The second-order valence-corrected chi connectivity index (χ2v) is 3.78. The second-order valence-electron chi connectivity index (χ2n) is 3.78. The van der Waals surface area contributed by atoms with Gasteiger partial charge in [-0.25, -0.2) is 4.79 Å². The largest absolute Gasteiger partial charge is 0.390 e. The Hall–Kier alpha value is -0.770. The molecule has 0 aromatic heterocycles. The van der Waals surface area contributed by atoms with Crippen molar-refractivity contribution in [3.8, 4) is 0 Å². The van der Waals surface area contributed by atoms with Gasteiger partial charge in [0.2, 0.25) is 0 Å². The molecule has 1 fully saturated rings. The first kappa shape index (κ1) is 9.32. The van der Waals surface area contributed by atoms with Gasteiger partial charge in [0, 0.05) is 19.6 Å². The lowest BCUT2D eigenvalue weighted by Crippen LogP contribution is -2.33. The quantitative estimate of drug-likeness (QED) is 0.637. The molecule has 2 amide bonds. The molecule has 1 saturated heterocycles. The van der Waals surface area contributed by atoms with E-state index in [0.29, 0.717) is 13.0 Å². The van der Waals surface area contributed by atoms with Gasteiger partial charge in [-0.15, -0.1) is 0 Å². The smallest absolute Gasteiger partial charge is 0.317 e. The maximum atomic E-state index is 11.0. The van der Waals surface area contributed by atoms with E-state index in [2.05, 4.69) is 5.32 Å². The van der Waals surface area contributed by atoms with E-state index in [1.807, 2.05) is 0 Å². The van der Waals surface area contributed by atoms with Crippen molar-refractivity contribution in [3.05, 3.63) is 0 Å². The number of nitrogens with one attached hydrogen (secondary N) is 1. The molecule has 0 spiro atoms. The third-order valence-electron chi connectivity index (χ3n) is 1.94. The fourth-order valence-electron chi connectivity index (χ4n) is 1.13. The molecule has 0 radical (unpaired) electrons. The number of hydrogen-bond donors (Lipinski definition) is 2. The van der Waals surface area contributed by atoms with E-state index in [1.54, 1.807) is 18.7 Å². The molecule has 0 saturated carbocycles. The molecule has 4 heteroatoms. The number of rotatable bonds is 3. The van der Waals surface area contributed by atoms with Crippen LogP contribution in [0, 0.1) is 0 Å². The van der Waals surface area contributed by atoms with Crippen molar-refractivity contribution in [2.45, 2.75) is 25.9 Å². The number of aliphatic hydroxyl groups is 1. The van der Waals surface area contributed by atoms with Gasteiger partial charge in [-0.1, -0.05) is 0 Å². The highest BCUT2D eigenvalue weighted by Gasteiger charge is 2.21. The van der Waals surface area contributed by atoms with Gasteiger partial charge in [-0.3, -0.25) is 0 Å². The molecule has 12 heavy (non-hydrogen) atoms. The molecule has 0 aliphatic carbocycles. The number of hydrogen-bond acceptors (Lipinski definition) is 2. The van der Waals surface area contributed by atoms with Gasteiger partial charge in [-0.05, 0) is 20.3 Å². The maximum Gasteiger partial charge on any atom is 0.317 e. The first-order chi connectivity index (χ1) is 5.49. The van der Waals surface area contributed by atoms with Gasteiger partial charge in [0.05, 0.1) is 5.60 Å². The summed E-state index contributed by atoms with van der Waals surface area (Å²) in [7, 11) is 0. The molecule has 70 valence electrons. The van der Waals surface area contributed by atoms with Gasteiger partial charge in [0.1, 0.15) is 0 Å². The Morgan fingerprint density at radius 3 is 2.75 bits per heavy atom. The van der Waals surface area contributed by atoms with Crippen molar-refractivity contribution >= 4 is 6.03 Å². The Labute approximate surface area is 72.6 Å². The summed E-state index contributed by atoms with van der Waals surface area (Å²) in [5.74, 6) is 0. The Morgan fingerprint density at radius 2 is 2.33 bits per heavy atom. The van der Waals surface area contributed by atoms with Gasteiger partial charge in [0.15, 0.2) is 0 Å². The second kappa shape index (κ2) is 3.31. The molecular weight excluding hydrogens is 156 g/mol. The minimum Gasteiger partial charge on any atom is -0.390 e. The number of amides is 2. The van der Waals surface area contributed by atoms with Crippen molar-refractivity contribution < 1.29 is 9.90 Å².